The Morgan fingerprint density at radius 2 is 1.63 bits per heavy atom. The first kappa shape index (κ1) is 21.3. The second-order valence-electron chi connectivity index (χ2n) is 7.34. The van der Waals surface area contributed by atoms with E-state index >= 15 is 0 Å². The third-order valence-electron chi connectivity index (χ3n) is 5.99. The summed E-state index contributed by atoms with van der Waals surface area (Å²) in [5.41, 5.74) is 2.19. The summed E-state index contributed by atoms with van der Waals surface area (Å²) in [6.45, 7) is 3.96. The van der Waals surface area contributed by atoms with E-state index in [1.54, 1.807) is 6.08 Å². The molecule has 3 N–H and O–H groups in total. The second-order valence-corrected chi connectivity index (χ2v) is 7.34. The molecule has 0 saturated heterocycles. The SMILES string of the molecule is C=C[C@H]1CC(C(=O)OC)(C(=O)OC)[C@H](c2ccccc2)c2c1[nH]c1ccccc21.O. The average molecular weight is 407 g/mol. The number of H-pyrrole nitrogens is 1. The normalized spacial score (nSPS) is 19.3. The molecule has 2 atom stereocenters. The Kier molecular flexibility index (Phi) is 5.80. The fourth-order valence-electron chi connectivity index (χ4n) is 4.75. The fourth-order valence-corrected chi connectivity index (χ4v) is 4.75. The van der Waals surface area contributed by atoms with E-state index in [0.29, 0.717) is 0 Å². The molecule has 0 radical (unpaired) electrons. The standard InChI is InChI=1S/C24H23NO4.H2O/c1-4-15-14-24(22(26)28-2,23(27)29-3)20(16-10-6-5-7-11-16)19-17-12-8-9-13-18(17)25-21(15)19;/h4-13,15,20,25H,1,14H2,2-3H3;1H2/t15-,20+;/m0./s1. The van der Waals surface area contributed by atoms with Gasteiger partial charge >= 0.3 is 11.9 Å². The number of benzene rings is 2. The molecule has 156 valence electrons. The highest BCUT2D eigenvalue weighted by Crippen LogP contribution is 2.56. The Labute approximate surface area is 174 Å². The molecule has 0 spiro atoms. The van der Waals surface area contributed by atoms with Gasteiger partial charge in [-0.25, -0.2) is 0 Å². The Morgan fingerprint density at radius 1 is 1.03 bits per heavy atom. The maximum absolute atomic E-state index is 13.2. The van der Waals surface area contributed by atoms with Crippen LogP contribution in [0, 0.1) is 5.41 Å². The zero-order valence-corrected chi connectivity index (χ0v) is 17.0. The predicted molar refractivity (Wildman–Crippen MR) is 114 cm³/mol. The van der Waals surface area contributed by atoms with Crippen LogP contribution < -0.4 is 0 Å². The lowest BCUT2D eigenvalue weighted by Crippen LogP contribution is -2.49. The molecular weight excluding hydrogens is 382 g/mol. The Balaban J connectivity index is 0.00000256. The third kappa shape index (κ3) is 2.92. The highest BCUT2D eigenvalue weighted by molar-refractivity contribution is 6.04. The van der Waals surface area contributed by atoms with Gasteiger partial charge in [0.05, 0.1) is 14.2 Å². The molecular formula is C24H25NO5. The molecule has 0 aliphatic heterocycles. The highest BCUT2D eigenvalue weighted by atomic mass is 16.5. The van der Waals surface area contributed by atoms with Crippen LogP contribution in [-0.2, 0) is 19.1 Å². The predicted octanol–water partition coefficient (Wildman–Crippen LogP) is 3.48. The van der Waals surface area contributed by atoms with Gasteiger partial charge in [0.15, 0.2) is 5.41 Å². The molecule has 0 fully saturated rings. The third-order valence-corrected chi connectivity index (χ3v) is 5.99. The summed E-state index contributed by atoms with van der Waals surface area (Å²) in [5, 5.41) is 0.972. The van der Waals surface area contributed by atoms with Crippen LogP contribution >= 0.6 is 0 Å². The number of esters is 2. The summed E-state index contributed by atoms with van der Waals surface area (Å²) in [5.74, 6) is -1.97. The molecule has 1 aromatic heterocycles. The van der Waals surface area contributed by atoms with E-state index in [9.17, 15) is 9.59 Å². The minimum absolute atomic E-state index is 0. The lowest BCUT2D eigenvalue weighted by Gasteiger charge is -2.42. The van der Waals surface area contributed by atoms with Crippen molar-refractivity contribution in [3.63, 3.8) is 0 Å². The van der Waals surface area contributed by atoms with Gasteiger partial charge < -0.3 is 19.9 Å². The van der Waals surface area contributed by atoms with Gasteiger partial charge in [0, 0.05) is 28.4 Å². The van der Waals surface area contributed by atoms with Crippen molar-refractivity contribution in [1.82, 2.24) is 4.98 Å². The van der Waals surface area contributed by atoms with Gasteiger partial charge in [-0.2, -0.15) is 0 Å². The Bertz CT molecular complexity index is 1070. The lowest BCUT2D eigenvalue weighted by atomic mass is 9.59. The van der Waals surface area contributed by atoms with E-state index in [4.69, 9.17) is 9.47 Å². The first-order chi connectivity index (χ1) is 14.1. The molecule has 2 aromatic carbocycles. The van der Waals surface area contributed by atoms with E-state index in [1.807, 2.05) is 54.6 Å². The van der Waals surface area contributed by atoms with Crippen LogP contribution in [0.3, 0.4) is 0 Å². The van der Waals surface area contributed by atoms with Crippen molar-refractivity contribution in [2.24, 2.45) is 5.41 Å². The van der Waals surface area contributed by atoms with Gasteiger partial charge in [0.25, 0.3) is 0 Å². The molecule has 1 aliphatic rings. The number of allylic oxidation sites excluding steroid dienone is 1. The van der Waals surface area contributed by atoms with Crippen LogP contribution in [0.2, 0.25) is 0 Å². The van der Waals surface area contributed by atoms with E-state index in [2.05, 4.69) is 11.6 Å². The number of carbonyl (C=O) groups excluding carboxylic acids is 2. The number of aromatic amines is 1. The van der Waals surface area contributed by atoms with Gasteiger partial charge in [-0.15, -0.1) is 6.58 Å². The van der Waals surface area contributed by atoms with E-state index in [-0.39, 0.29) is 17.8 Å². The number of ether oxygens (including phenoxy) is 2. The fraction of sp³-hybridized carbons (Fsp3) is 0.250. The molecule has 0 bridgehead atoms. The zero-order valence-electron chi connectivity index (χ0n) is 17.0. The van der Waals surface area contributed by atoms with E-state index < -0.39 is 23.3 Å². The maximum Gasteiger partial charge on any atom is 0.324 e. The largest absolute Gasteiger partial charge is 0.468 e. The maximum atomic E-state index is 13.2. The number of hydrogen-bond acceptors (Lipinski definition) is 4. The van der Waals surface area contributed by atoms with Crippen molar-refractivity contribution in [3.8, 4) is 0 Å². The number of para-hydroxylation sites is 1. The van der Waals surface area contributed by atoms with Gasteiger partial charge in [-0.1, -0.05) is 54.6 Å². The number of aromatic nitrogens is 1. The monoisotopic (exact) mass is 407 g/mol. The zero-order chi connectivity index (χ0) is 20.6. The van der Waals surface area contributed by atoms with Crippen LogP contribution in [0.25, 0.3) is 10.9 Å². The first-order valence-corrected chi connectivity index (χ1v) is 9.53. The molecule has 6 nitrogen and oxygen atoms in total. The minimum Gasteiger partial charge on any atom is -0.468 e. The van der Waals surface area contributed by atoms with Crippen LogP contribution in [0.4, 0.5) is 0 Å². The summed E-state index contributed by atoms with van der Waals surface area (Å²) in [6, 6.07) is 17.5. The Hall–Kier alpha value is -3.38. The number of carbonyl (C=O) groups is 2. The summed E-state index contributed by atoms with van der Waals surface area (Å²) < 4.78 is 10.4. The molecule has 6 heteroatoms. The molecule has 0 amide bonds. The van der Waals surface area contributed by atoms with Crippen molar-refractivity contribution < 1.29 is 24.5 Å². The lowest BCUT2D eigenvalue weighted by molar-refractivity contribution is -0.171. The quantitative estimate of drug-likeness (QED) is 0.406. The average Bonchev–Trinajstić information content (AvgIpc) is 3.16. The number of hydrogen-bond donors (Lipinski definition) is 1. The first-order valence-electron chi connectivity index (χ1n) is 9.53. The summed E-state index contributed by atoms with van der Waals surface area (Å²) in [7, 11) is 2.62. The molecule has 1 heterocycles. The molecule has 3 aromatic rings. The number of methoxy groups -OCH3 is 2. The van der Waals surface area contributed by atoms with Gasteiger partial charge in [0.1, 0.15) is 0 Å². The van der Waals surface area contributed by atoms with Crippen molar-refractivity contribution in [1.29, 1.82) is 0 Å². The van der Waals surface area contributed by atoms with Crippen LogP contribution in [-0.4, -0.2) is 36.6 Å². The van der Waals surface area contributed by atoms with E-state index in [0.717, 1.165) is 27.7 Å². The summed E-state index contributed by atoms with van der Waals surface area (Å²) in [4.78, 5) is 30.0. The van der Waals surface area contributed by atoms with E-state index in [1.165, 1.54) is 14.2 Å². The van der Waals surface area contributed by atoms with Crippen LogP contribution in [0.5, 0.6) is 0 Å². The van der Waals surface area contributed by atoms with Crippen molar-refractivity contribution in [2.75, 3.05) is 14.2 Å². The van der Waals surface area contributed by atoms with Crippen LogP contribution in [0.1, 0.15) is 35.1 Å². The smallest absolute Gasteiger partial charge is 0.324 e. The van der Waals surface area contributed by atoms with Crippen molar-refractivity contribution in [3.05, 3.63) is 84.1 Å². The topological polar surface area (TPSA) is 99.9 Å². The number of rotatable bonds is 4. The summed E-state index contributed by atoms with van der Waals surface area (Å²) >= 11 is 0. The van der Waals surface area contributed by atoms with Crippen molar-refractivity contribution >= 4 is 22.8 Å². The highest BCUT2D eigenvalue weighted by Gasteiger charge is 2.60. The van der Waals surface area contributed by atoms with Gasteiger partial charge in [-0.05, 0) is 23.6 Å². The minimum atomic E-state index is -1.51. The molecule has 1 aliphatic carbocycles. The van der Waals surface area contributed by atoms with Crippen molar-refractivity contribution in [2.45, 2.75) is 18.3 Å². The van der Waals surface area contributed by atoms with Crippen LogP contribution in [0.15, 0.2) is 67.3 Å². The number of nitrogens with one attached hydrogen (secondary N) is 1. The number of fused-ring (bicyclic) bond motifs is 3. The van der Waals surface area contributed by atoms with Gasteiger partial charge in [0.2, 0.25) is 0 Å². The molecule has 0 saturated carbocycles. The summed E-state index contributed by atoms with van der Waals surface area (Å²) in [6.07, 6.45) is 1.99. The second kappa shape index (κ2) is 8.16. The Morgan fingerprint density at radius 3 is 2.23 bits per heavy atom. The molecule has 30 heavy (non-hydrogen) atoms. The molecule has 0 unspecified atom stereocenters. The van der Waals surface area contributed by atoms with Gasteiger partial charge in [-0.3, -0.25) is 9.59 Å². The molecule has 4 rings (SSSR count).